The SMILES string of the molecule is CN1CCN(c2cc(F)cc(CNc3nn4c(=O)ccnc4s3)c2)CC1.O=C(O)C(F)(F)F. The first-order valence-corrected chi connectivity index (χ1v) is 10.5. The average molecular weight is 488 g/mol. The maximum atomic E-state index is 14.1. The number of likely N-dealkylation sites (N-methyl/N-ethyl adjacent to an activating group) is 1. The lowest BCUT2D eigenvalue weighted by Crippen LogP contribution is -2.44. The molecule has 1 saturated heterocycles. The summed E-state index contributed by atoms with van der Waals surface area (Å²) in [5, 5.41) is 15.1. The molecule has 3 heterocycles. The molecule has 14 heteroatoms. The number of nitrogens with zero attached hydrogens (tertiary/aromatic N) is 5. The monoisotopic (exact) mass is 488 g/mol. The van der Waals surface area contributed by atoms with Crippen molar-refractivity contribution in [2.45, 2.75) is 12.7 Å². The molecule has 2 N–H and O–H groups in total. The number of aromatic nitrogens is 3. The van der Waals surface area contributed by atoms with Crippen molar-refractivity contribution in [3.63, 3.8) is 0 Å². The minimum absolute atomic E-state index is 0.220. The third-order valence-electron chi connectivity index (χ3n) is 4.67. The van der Waals surface area contributed by atoms with E-state index in [0.29, 0.717) is 16.6 Å². The fourth-order valence-corrected chi connectivity index (χ4v) is 3.75. The summed E-state index contributed by atoms with van der Waals surface area (Å²) >= 11 is 1.29. The van der Waals surface area contributed by atoms with E-state index in [4.69, 9.17) is 9.90 Å². The highest BCUT2D eigenvalue weighted by Crippen LogP contribution is 2.22. The number of piperazine rings is 1. The number of alkyl halides is 3. The molecule has 0 saturated carbocycles. The third-order valence-corrected chi connectivity index (χ3v) is 5.55. The van der Waals surface area contributed by atoms with Gasteiger partial charge in [-0.3, -0.25) is 4.79 Å². The topological polar surface area (TPSA) is 103 Å². The van der Waals surface area contributed by atoms with Gasteiger partial charge in [0.2, 0.25) is 10.1 Å². The van der Waals surface area contributed by atoms with Crippen LogP contribution in [-0.4, -0.2) is 70.0 Å². The predicted molar refractivity (Wildman–Crippen MR) is 114 cm³/mol. The van der Waals surface area contributed by atoms with Gasteiger partial charge >= 0.3 is 12.1 Å². The molecule has 9 nitrogen and oxygen atoms in total. The van der Waals surface area contributed by atoms with Crippen LogP contribution in [0.25, 0.3) is 4.96 Å². The van der Waals surface area contributed by atoms with Crippen LogP contribution in [0.4, 0.5) is 28.4 Å². The molecule has 0 radical (unpaired) electrons. The number of rotatable bonds is 4. The summed E-state index contributed by atoms with van der Waals surface area (Å²) in [6.45, 7) is 4.14. The Hall–Kier alpha value is -3.26. The van der Waals surface area contributed by atoms with E-state index < -0.39 is 12.1 Å². The molecule has 1 fully saturated rings. The first-order chi connectivity index (χ1) is 15.5. The molecule has 1 aromatic carbocycles. The quantitative estimate of drug-likeness (QED) is 0.540. The Balaban J connectivity index is 0.000000383. The zero-order chi connectivity index (χ0) is 24.2. The molecule has 4 rings (SSSR count). The van der Waals surface area contributed by atoms with Gasteiger partial charge in [-0.1, -0.05) is 11.3 Å². The number of benzene rings is 1. The lowest BCUT2D eigenvalue weighted by Gasteiger charge is -2.34. The van der Waals surface area contributed by atoms with E-state index in [2.05, 4.69) is 32.2 Å². The summed E-state index contributed by atoms with van der Waals surface area (Å²) in [5.41, 5.74) is 1.51. The summed E-state index contributed by atoms with van der Waals surface area (Å²) in [7, 11) is 2.09. The number of carboxylic acid groups (broad SMARTS) is 1. The fraction of sp³-hybridized carbons (Fsp3) is 0.368. The molecule has 1 aliphatic heterocycles. The zero-order valence-electron chi connectivity index (χ0n) is 17.3. The van der Waals surface area contributed by atoms with Crippen molar-refractivity contribution >= 4 is 33.1 Å². The van der Waals surface area contributed by atoms with Crippen LogP contribution < -0.4 is 15.8 Å². The molecule has 2 aromatic heterocycles. The van der Waals surface area contributed by atoms with Crippen molar-refractivity contribution in [3.8, 4) is 0 Å². The van der Waals surface area contributed by atoms with Crippen molar-refractivity contribution in [1.82, 2.24) is 19.5 Å². The minimum Gasteiger partial charge on any atom is -0.475 e. The van der Waals surface area contributed by atoms with Gasteiger partial charge in [0, 0.05) is 50.7 Å². The number of fused-ring (bicyclic) bond motifs is 1. The molecule has 0 bridgehead atoms. The Morgan fingerprint density at radius 2 is 1.88 bits per heavy atom. The van der Waals surface area contributed by atoms with E-state index in [9.17, 15) is 22.4 Å². The second-order valence-electron chi connectivity index (χ2n) is 7.15. The van der Waals surface area contributed by atoms with Gasteiger partial charge in [-0.25, -0.2) is 14.2 Å². The van der Waals surface area contributed by atoms with Crippen LogP contribution in [0, 0.1) is 5.82 Å². The highest BCUT2D eigenvalue weighted by molar-refractivity contribution is 7.20. The third kappa shape index (κ3) is 6.61. The van der Waals surface area contributed by atoms with Crippen LogP contribution in [0.1, 0.15) is 5.56 Å². The van der Waals surface area contributed by atoms with Gasteiger partial charge in [0.25, 0.3) is 5.56 Å². The Morgan fingerprint density at radius 3 is 2.48 bits per heavy atom. The van der Waals surface area contributed by atoms with E-state index in [1.54, 1.807) is 6.07 Å². The first-order valence-electron chi connectivity index (χ1n) is 9.65. The molecule has 178 valence electrons. The lowest BCUT2D eigenvalue weighted by atomic mass is 10.1. The van der Waals surface area contributed by atoms with Crippen LogP contribution in [0.15, 0.2) is 35.3 Å². The van der Waals surface area contributed by atoms with E-state index >= 15 is 0 Å². The highest BCUT2D eigenvalue weighted by Gasteiger charge is 2.38. The maximum absolute atomic E-state index is 14.1. The first kappa shape index (κ1) is 24.4. The van der Waals surface area contributed by atoms with Crippen LogP contribution in [0.5, 0.6) is 0 Å². The molecule has 0 unspecified atom stereocenters. The Morgan fingerprint density at radius 1 is 1.21 bits per heavy atom. The fourth-order valence-electron chi connectivity index (χ4n) is 2.98. The second-order valence-corrected chi connectivity index (χ2v) is 8.11. The summed E-state index contributed by atoms with van der Waals surface area (Å²) in [4.78, 5) is 29.7. The largest absolute Gasteiger partial charge is 0.490 e. The molecule has 1 aliphatic rings. The number of anilines is 2. The summed E-state index contributed by atoms with van der Waals surface area (Å²) in [6.07, 6.45) is -3.62. The minimum atomic E-state index is -5.08. The molecule has 33 heavy (non-hydrogen) atoms. The van der Waals surface area contributed by atoms with Gasteiger partial charge in [-0.15, -0.1) is 5.10 Å². The van der Waals surface area contributed by atoms with E-state index in [1.807, 2.05) is 6.07 Å². The van der Waals surface area contributed by atoms with E-state index in [1.165, 1.54) is 34.2 Å². The Labute approximate surface area is 188 Å². The van der Waals surface area contributed by atoms with Gasteiger partial charge in [-0.2, -0.15) is 17.7 Å². The van der Waals surface area contributed by atoms with Crippen molar-refractivity contribution in [1.29, 1.82) is 0 Å². The number of carbonyl (C=O) groups is 1. The number of carboxylic acids is 1. The molecule has 0 atom stereocenters. The van der Waals surface area contributed by atoms with Crippen molar-refractivity contribution < 1.29 is 27.5 Å². The molecule has 0 amide bonds. The van der Waals surface area contributed by atoms with Crippen LogP contribution in [0.3, 0.4) is 0 Å². The highest BCUT2D eigenvalue weighted by atomic mass is 32.1. The standard InChI is InChI=1S/C17H19FN6OS.C2HF3O2/c1-22-4-6-23(7-5-22)14-9-12(8-13(18)10-14)11-20-16-21-24-15(25)2-3-19-17(24)26-16;3-2(4,5)1(6)7/h2-3,8-10H,4-7,11H2,1H3,(H,20,21);(H,6,7). The zero-order valence-corrected chi connectivity index (χ0v) is 18.2. The van der Waals surface area contributed by atoms with Crippen LogP contribution in [-0.2, 0) is 11.3 Å². The van der Waals surface area contributed by atoms with E-state index in [0.717, 1.165) is 37.4 Å². The van der Waals surface area contributed by atoms with Crippen molar-refractivity contribution in [2.75, 3.05) is 43.4 Å². The van der Waals surface area contributed by atoms with Gasteiger partial charge < -0.3 is 20.2 Å². The second kappa shape index (κ2) is 10.1. The molecule has 3 aromatic rings. The molecular formula is C19H20F4N6O3S. The number of nitrogens with one attached hydrogen (secondary N) is 1. The summed E-state index contributed by atoms with van der Waals surface area (Å²) in [6, 6.07) is 6.46. The number of hydrogen-bond donors (Lipinski definition) is 2. The molecular weight excluding hydrogens is 468 g/mol. The van der Waals surface area contributed by atoms with Crippen LogP contribution in [0.2, 0.25) is 0 Å². The lowest BCUT2D eigenvalue weighted by molar-refractivity contribution is -0.192. The van der Waals surface area contributed by atoms with Gasteiger partial charge in [0.15, 0.2) is 0 Å². The molecule has 0 spiro atoms. The number of hydrogen-bond acceptors (Lipinski definition) is 8. The Bertz CT molecular complexity index is 1170. The number of aliphatic carboxylic acids is 1. The van der Waals surface area contributed by atoms with Gasteiger partial charge in [0.05, 0.1) is 0 Å². The normalized spacial score (nSPS) is 14.6. The smallest absolute Gasteiger partial charge is 0.475 e. The van der Waals surface area contributed by atoms with Gasteiger partial charge in [0.1, 0.15) is 5.82 Å². The van der Waals surface area contributed by atoms with Crippen molar-refractivity contribution in [2.24, 2.45) is 0 Å². The maximum Gasteiger partial charge on any atom is 0.490 e. The summed E-state index contributed by atoms with van der Waals surface area (Å²) < 4.78 is 47.1. The van der Waals surface area contributed by atoms with E-state index in [-0.39, 0.29) is 11.4 Å². The average Bonchev–Trinajstić information content (AvgIpc) is 3.17. The Kier molecular flexibility index (Phi) is 7.48. The van der Waals surface area contributed by atoms with Crippen LogP contribution >= 0.6 is 11.3 Å². The summed E-state index contributed by atoms with van der Waals surface area (Å²) in [5.74, 6) is -3.01. The predicted octanol–water partition coefficient (Wildman–Crippen LogP) is 2.29. The number of halogens is 4. The van der Waals surface area contributed by atoms with Crippen molar-refractivity contribution in [3.05, 3.63) is 52.2 Å². The molecule has 0 aliphatic carbocycles. The van der Waals surface area contributed by atoms with Gasteiger partial charge in [-0.05, 0) is 30.8 Å².